The van der Waals surface area contributed by atoms with Crippen LogP contribution in [0.2, 0.25) is 0 Å². The Labute approximate surface area is 201 Å². The highest BCUT2D eigenvalue weighted by Crippen LogP contribution is 2.30. The number of carbonyl (C=O) groups is 1. The third-order valence-corrected chi connectivity index (χ3v) is 6.07. The number of H-pyrrole nitrogens is 1. The van der Waals surface area contributed by atoms with Crippen LogP contribution in [0.1, 0.15) is 33.2 Å². The van der Waals surface area contributed by atoms with E-state index in [2.05, 4.69) is 15.4 Å². The smallest absolute Gasteiger partial charge is 0.275 e. The van der Waals surface area contributed by atoms with Crippen LogP contribution in [0.25, 0.3) is 16.6 Å². The number of halogens is 1. The first kappa shape index (κ1) is 22.3. The fourth-order valence-electron chi connectivity index (χ4n) is 4.33. The van der Waals surface area contributed by atoms with Gasteiger partial charge in [-0.3, -0.25) is 9.59 Å². The zero-order valence-corrected chi connectivity index (χ0v) is 19.0. The molecule has 3 aromatic carbocycles. The first-order valence-corrected chi connectivity index (χ1v) is 11.3. The molecule has 1 unspecified atom stereocenters. The molecular formula is C28H23FN4O2. The quantitative estimate of drug-likeness (QED) is 0.380. The molecule has 0 spiro atoms. The van der Waals surface area contributed by atoms with Gasteiger partial charge in [-0.05, 0) is 36.2 Å². The van der Waals surface area contributed by atoms with Crippen molar-refractivity contribution in [1.29, 1.82) is 0 Å². The van der Waals surface area contributed by atoms with Crippen molar-refractivity contribution in [3.05, 3.63) is 130 Å². The second-order valence-electron chi connectivity index (χ2n) is 8.32. The summed E-state index contributed by atoms with van der Waals surface area (Å²) in [5.41, 5.74) is 2.85. The maximum atomic E-state index is 14.4. The molecule has 0 radical (unpaired) electrons. The maximum absolute atomic E-state index is 14.4. The number of amides is 1. The van der Waals surface area contributed by atoms with E-state index in [9.17, 15) is 14.0 Å². The van der Waals surface area contributed by atoms with Gasteiger partial charge < -0.3 is 10.3 Å². The van der Waals surface area contributed by atoms with Gasteiger partial charge in [0.05, 0.1) is 0 Å². The molecule has 5 aromatic rings. The number of nitrogens with one attached hydrogen (secondary N) is 2. The lowest BCUT2D eigenvalue weighted by molar-refractivity contribution is 0.0944. The van der Waals surface area contributed by atoms with E-state index in [0.29, 0.717) is 5.69 Å². The summed E-state index contributed by atoms with van der Waals surface area (Å²) in [5, 5.41) is 8.15. The summed E-state index contributed by atoms with van der Waals surface area (Å²) in [6, 6.07) is 25.2. The van der Waals surface area contributed by atoms with Gasteiger partial charge in [-0.25, -0.2) is 9.07 Å². The SMILES string of the molecule is Cc1cc(=O)c(C(=O)NCC(c2ccccc2)c2c[nH]c3ccccc23)nn1-c1ccccc1F. The number of para-hydroxylation sites is 2. The number of aromatic amines is 1. The van der Waals surface area contributed by atoms with Crippen LogP contribution in [0.3, 0.4) is 0 Å². The van der Waals surface area contributed by atoms with Crippen molar-refractivity contribution in [3.63, 3.8) is 0 Å². The van der Waals surface area contributed by atoms with Crippen molar-refractivity contribution < 1.29 is 9.18 Å². The fourth-order valence-corrected chi connectivity index (χ4v) is 4.33. The third kappa shape index (κ3) is 4.36. The molecule has 0 saturated carbocycles. The van der Waals surface area contributed by atoms with E-state index in [1.807, 2.05) is 60.8 Å². The minimum Gasteiger partial charge on any atom is -0.361 e. The molecule has 0 aliphatic rings. The van der Waals surface area contributed by atoms with Crippen molar-refractivity contribution >= 4 is 16.8 Å². The monoisotopic (exact) mass is 466 g/mol. The minimum absolute atomic E-state index is 0.157. The summed E-state index contributed by atoms with van der Waals surface area (Å²) < 4.78 is 15.7. The topological polar surface area (TPSA) is 79.8 Å². The van der Waals surface area contributed by atoms with Crippen LogP contribution in [0, 0.1) is 12.7 Å². The van der Waals surface area contributed by atoms with Crippen molar-refractivity contribution in [1.82, 2.24) is 20.1 Å². The molecule has 174 valence electrons. The van der Waals surface area contributed by atoms with E-state index in [1.165, 1.54) is 16.8 Å². The molecule has 2 N–H and O–H groups in total. The van der Waals surface area contributed by atoms with E-state index in [-0.39, 0.29) is 23.8 Å². The van der Waals surface area contributed by atoms with Gasteiger partial charge in [-0.1, -0.05) is 60.7 Å². The van der Waals surface area contributed by atoms with Gasteiger partial charge in [0.15, 0.2) is 5.69 Å². The standard InChI is InChI=1S/C28H23FN4O2/c1-18-15-26(34)27(32-33(18)25-14-8-6-12-23(25)29)28(35)31-16-21(19-9-3-2-4-10-19)22-17-30-24-13-7-5-11-20(22)24/h2-15,17,21,30H,16H2,1H3,(H,31,35). The van der Waals surface area contributed by atoms with Crippen LogP contribution in [-0.4, -0.2) is 27.2 Å². The second-order valence-corrected chi connectivity index (χ2v) is 8.32. The van der Waals surface area contributed by atoms with E-state index in [4.69, 9.17) is 0 Å². The number of hydrogen-bond donors (Lipinski definition) is 2. The lowest BCUT2D eigenvalue weighted by Gasteiger charge is -2.18. The lowest BCUT2D eigenvalue weighted by atomic mass is 9.91. The predicted octanol–water partition coefficient (Wildman–Crippen LogP) is 4.72. The number of nitrogens with zero attached hydrogens (tertiary/aromatic N) is 2. The summed E-state index contributed by atoms with van der Waals surface area (Å²) in [4.78, 5) is 29.0. The van der Waals surface area contributed by atoms with Gasteiger partial charge in [0.2, 0.25) is 5.43 Å². The van der Waals surface area contributed by atoms with Crippen molar-refractivity contribution in [3.8, 4) is 5.69 Å². The zero-order chi connectivity index (χ0) is 24.4. The van der Waals surface area contributed by atoms with Crippen LogP contribution in [-0.2, 0) is 0 Å². The molecule has 2 heterocycles. The van der Waals surface area contributed by atoms with E-state index in [1.54, 1.807) is 25.1 Å². The van der Waals surface area contributed by atoms with Crippen molar-refractivity contribution in [2.45, 2.75) is 12.8 Å². The molecule has 0 bridgehead atoms. The Kier molecular flexibility index (Phi) is 5.97. The van der Waals surface area contributed by atoms with Crippen molar-refractivity contribution in [2.75, 3.05) is 6.54 Å². The summed E-state index contributed by atoms with van der Waals surface area (Å²) in [6.45, 7) is 1.89. The molecule has 2 aromatic heterocycles. The van der Waals surface area contributed by atoms with Crippen LogP contribution in [0.15, 0.2) is 95.9 Å². The van der Waals surface area contributed by atoms with Crippen LogP contribution >= 0.6 is 0 Å². The molecule has 7 heteroatoms. The number of aromatic nitrogens is 3. The van der Waals surface area contributed by atoms with E-state index >= 15 is 0 Å². The lowest BCUT2D eigenvalue weighted by Crippen LogP contribution is -2.34. The van der Waals surface area contributed by atoms with Gasteiger partial charge >= 0.3 is 0 Å². The number of benzene rings is 3. The summed E-state index contributed by atoms with van der Waals surface area (Å²) >= 11 is 0. The average molecular weight is 467 g/mol. The predicted molar refractivity (Wildman–Crippen MR) is 133 cm³/mol. The summed E-state index contributed by atoms with van der Waals surface area (Å²) in [6.07, 6.45) is 1.95. The Morgan fingerprint density at radius 3 is 2.54 bits per heavy atom. The highest BCUT2D eigenvalue weighted by atomic mass is 19.1. The Hall–Kier alpha value is -4.52. The number of rotatable bonds is 6. The molecule has 1 amide bonds. The zero-order valence-electron chi connectivity index (χ0n) is 19.0. The first-order valence-electron chi connectivity index (χ1n) is 11.3. The van der Waals surface area contributed by atoms with E-state index < -0.39 is 17.2 Å². The average Bonchev–Trinajstić information content (AvgIpc) is 3.29. The molecule has 0 aliphatic carbocycles. The van der Waals surface area contributed by atoms with Crippen molar-refractivity contribution in [2.24, 2.45) is 0 Å². The first-order chi connectivity index (χ1) is 17.0. The third-order valence-electron chi connectivity index (χ3n) is 6.07. The highest BCUT2D eigenvalue weighted by molar-refractivity contribution is 5.92. The molecule has 5 rings (SSSR count). The second kappa shape index (κ2) is 9.38. The number of hydrogen-bond acceptors (Lipinski definition) is 3. The Morgan fingerprint density at radius 1 is 1.03 bits per heavy atom. The maximum Gasteiger partial charge on any atom is 0.275 e. The molecule has 0 saturated heterocycles. The Balaban J connectivity index is 1.48. The van der Waals surface area contributed by atoms with Crippen LogP contribution in [0.4, 0.5) is 4.39 Å². The molecular weight excluding hydrogens is 443 g/mol. The molecule has 6 nitrogen and oxygen atoms in total. The van der Waals surface area contributed by atoms with Gasteiger partial charge in [0.1, 0.15) is 11.5 Å². The fraction of sp³-hybridized carbons (Fsp3) is 0.107. The van der Waals surface area contributed by atoms with Gasteiger partial charge in [0.25, 0.3) is 5.91 Å². The van der Waals surface area contributed by atoms with Crippen LogP contribution in [0.5, 0.6) is 0 Å². The number of fused-ring (bicyclic) bond motifs is 1. The number of aryl methyl sites for hydroxylation is 1. The summed E-state index contributed by atoms with van der Waals surface area (Å²) in [5.74, 6) is -1.27. The highest BCUT2D eigenvalue weighted by Gasteiger charge is 2.22. The number of carbonyl (C=O) groups excluding carboxylic acids is 1. The summed E-state index contributed by atoms with van der Waals surface area (Å²) in [7, 11) is 0. The Bertz CT molecular complexity index is 1570. The molecule has 0 fully saturated rings. The van der Waals surface area contributed by atoms with Gasteiger partial charge in [0, 0.05) is 41.3 Å². The Morgan fingerprint density at radius 2 is 1.74 bits per heavy atom. The van der Waals surface area contributed by atoms with Gasteiger partial charge in [-0.2, -0.15) is 5.10 Å². The molecule has 0 aliphatic heterocycles. The molecule has 1 atom stereocenters. The van der Waals surface area contributed by atoms with E-state index in [0.717, 1.165) is 22.0 Å². The normalized spacial score (nSPS) is 11.9. The van der Waals surface area contributed by atoms with Gasteiger partial charge in [-0.15, -0.1) is 0 Å². The van der Waals surface area contributed by atoms with Crippen LogP contribution < -0.4 is 10.7 Å². The largest absolute Gasteiger partial charge is 0.361 e. The minimum atomic E-state index is -0.610. The molecule has 35 heavy (non-hydrogen) atoms.